The molecule has 29 heavy (non-hydrogen) atoms. The van der Waals surface area contributed by atoms with Crippen molar-refractivity contribution in [2.45, 2.75) is 49.9 Å². The van der Waals surface area contributed by atoms with Crippen LogP contribution in [-0.2, 0) is 24.0 Å². The Bertz CT molecular complexity index is 649. The molecule has 1 fully saturated rings. The molecule has 3 amide bonds. The van der Waals surface area contributed by atoms with Crippen molar-refractivity contribution in [2.24, 2.45) is 5.73 Å². The molecule has 0 bridgehead atoms. The Morgan fingerprint density at radius 2 is 1.72 bits per heavy atom. The molecule has 0 aliphatic carbocycles. The minimum absolute atomic E-state index is 0.0228. The SMILES string of the molecule is NC(CS)C(=O)NC(CS)C(=O)N1CCCC1C(=O)NC(CCC(=O)O)C(=O)O. The molecule has 13 heteroatoms. The fourth-order valence-corrected chi connectivity index (χ4v) is 3.26. The Labute approximate surface area is 178 Å². The number of amides is 3. The van der Waals surface area contributed by atoms with E-state index >= 15 is 0 Å². The van der Waals surface area contributed by atoms with Gasteiger partial charge in [0, 0.05) is 24.5 Å². The molecular weight excluding hydrogens is 424 g/mol. The van der Waals surface area contributed by atoms with Gasteiger partial charge in [-0.1, -0.05) is 0 Å². The molecular formula is C16H26N4O7S2. The molecule has 4 unspecified atom stereocenters. The highest BCUT2D eigenvalue weighted by molar-refractivity contribution is 7.80. The van der Waals surface area contributed by atoms with Crippen molar-refractivity contribution >= 4 is 54.9 Å². The Balaban J connectivity index is 2.82. The van der Waals surface area contributed by atoms with E-state index in [4.69, 9.17) is 10.8 Å². The molecule has 1 aliphatic heterocycles. The number of aliphatic carboxylic acids is 2. The zero-order valence-electron chi connectivity index (χ0n) is 15.6. The molecule has 0 aromatic rings. The van der Waals surface area contributed by atoms with Gasteiger partial charge in [-0.2, -0.15) is 25.3 Å². The quantitative estimate of drug-likeness (QED) is 0.178. The number of carboxylic acids is 2. The molecule has 0 spiro atoms. The van der Waals surface area contributed by atoms with E-state index in [1.54, 1.807) is 0 Å². The summed E-state index contributed by atoms with van der Waals surface area (Å²) < 4.78 is 0. The number of carbonyl (C=O) groups excluding carboxylic acids is 3. The van der Waals surface area contributed by atoms with Crippen LogP contribution in [0.25, 0.3) is 0 Å². The van der Waals surface area contributed by atoms with Crippen molar-refractivity contribution in [3.63, 3.8) is 0 Å². The molecule has 11 nitrogen and oxygen atoms in total. The third kappa shape index (κ3) is 7.40. The van der Waals surface area contributed by atoms with Gasteiger partial charge >= 0.3 is 11.9 Å². The number of nitrogens with one attached hydrogen (secondary N) is 2. The molecule has 1 heterocycles. The van der Waals surface area contributed by atoms with Gasteiger partial charge in [0.2, 0.25) is 17.7 Å². The lowest BCUT2D eigenvalue weighted by molar-refractivity contribution is -0.145. The van der Waals surface area contributed by atoms with Crippen LogP contribution in [-0.4, -0.2) is 87.0 Å². The number of nitrogens with zero attached hydrogens (tertiary/aromatic N) is 1. The van der Waals surface area contributed by atoms with Gasteiger partial charge in [0.25, 0.3) is 0 Å². The zero-order valence-corrected chi connectivity index (χ0v) is 17.4. The summed E-state index contributed by atoms with van der Waals surface area (Å²) in [7, 11) is 0. The first-order valence-electron chi connectivity index (χ1n) is 8.95. The van der Waals surface area contributed by atoms with E-state index in [1.165, 1.54) is 4.90 Å². The number of likely N-dealkylation sites (tertiary alicyclic amines) is 1. The molecule has 164 valence electrons. The van der Waals surface area contributed by atoms with Crippen molar-refractivity contribution in [3.8, 4) is 0 Å². The van der Waals surface area contributed by atoms with E-state index in [0.29, 0.717) is 12.8 Å². The van der Waals surface area contributed by atoms with Crippen molar-refractivity contribution in [1.29, 1.82) is 0 Å². The highest BCUT2D eigenvalue weighted by atomic mass is 32.1. The smallest absolute Gasteiger partial charge is 0.326 e. The van der Waals surface area contributed by atoms with Crippen molar-refractivity contribution in [1.82, 2.24) is 15.5 Å². The van der Waals surface area contributed by atoms with Crippen molar-refractivity contribution < 1.29 is 34.2 Å². The summed E-state index contributed by atoms with van der Waals surface area (Å²) in [6.07, 6.45) is 0.115. The number of carboxylic acid groups (broad SMARTS) is 2. The van der Waals surface area contributed by atoms with Crippen LogP contribution < -0.4 is 16.4 Å². The van der Waals surface area contributed by atoms with E-state index < -0.39 is 60.2 Å². The Morgan fingerprint density at radius 3 is 2.24 bits per heavy atom. The topological polar surface area (TPSA) is 179 Å². The van der Waals surface area contributed by atoms with Gasteiger partial charge in [-0.05, 0) is 19.3 Å². The molecule has 4 atom stereocenters. The number of nitrogens with two attached hydrogens (primary N) is 1. The van der Waals surface area contributed by atoms with Gasteiger partial charge in [-0.15, -0.1) is 0 Å². The lowest BCUT2D eigenvalue weighted by atomic mass is 10.1. The second-order valence-corrected chi connectivity index (χ2v) is 7.28. The lowest BCUT2D eigenvalue weighted by Crippen LogP contribution is -2.57. The number of hydrogen-bond donors (Lipinski definition) is 7. The molecule has 1 saturated heterocycles. The maximum atomic E-state index is 12.8. The van der Waals surface area contributed by atoms with Gasteiger partial charge in [-0.25, -0.2) is 4.79 Å². The maximum Gasteiger partial charge on any atom is 0.326 e. The first-order chi connectivity index (χ1) is 13.6. The minimum Gasteiger partial charge on any atom is -0.481 e. The number of carbonyl (C=O) groups is 5. The minimum atomic E-state index is -1.38. The van der Waals surface area contributed by atoms with Gasteiger partial charge in [-0.3, -0.25) is 19.2 Å². The molecule has 0 aromatic carbocycles. The van der Waals surface area contributed by atoms with Crippen LogP contribution in [0.4, 0.5) is 0 Å². The van der Waals surface area contributed by atoms with Crippen LogP contribution in [0.1, 0.15) is 25.7 Å². The summed E-state index contributed by atoms with van der Waals surface area (Å²) >= 11 is 8.00. The Hall–Kier alpha value is -1.99. The molecule has 6 N–H and O–H groups in total. The molecule has 1 aliphatic rings. The van der Waals surface area contributed by atoms with E-state index in [2.05, 4.69) is 35.9 Å². The summed E-state index contributed by atoms with van der Waals surface area (Å²) in [5, 5.41) is 22.7. The monoisotopic (exact) mass is 450 g/mol. The Morgan fingerprint density at radius 1 is 1.07 bits per heavy atom. The number of hydrogen-bond acceptors (Lipinski definition) is 8. The standard InChI is InChI=1S/C16H26N4O7S2/c17-8(6-28)13(23)19-10(7-29)15(25)20-5-1-2-11(20)14(24)18-9(16(26)27)3-4-12(21)22/h8-11,28-29H,1-7,17H2,(H,18,24)(H,19,23)(H,21,22)(H,26,27). The fraction of sp³-hybridized carbons (Fsp3) is 0.688. The molecule has 0 aromatic heterocycles. The maximum absolute atomic E-state index is 12.8. The van der Waals surface area contributed by atoms with E-state index in [1.807, 2.05) is 0 Å². The third-order valence-electron chi connectivity index (χ3n) is 4.43. The second-order valence-electron chi connectivity index (χ2n) is 6.55. The molecule has 0 saturated carbocycles. The van der Waals surface area contributed by atoms with Crippen LogP contribution in [0, 0.1) is 0 Å². The zero-order chi connectivity index (χ0) is 22.1. The second kappa shape index (κ2) is 11.9. The predicted octanol–water partition coefficient (Wildman–Crippen LogP) is -1.92. The first-order valence-corrected chi connectivity index (χ1v) is 10.2. The van der Waals surface area contributed by atoms with Gasteiger partial charge in [0.15, 0.2) is 0 Å². The van der Waals surface area contributed by atoms with Crippen LogP contribution in [0.3, 0.4) is 0 Å². The first kappa shape index (κ1) is 25.0. The van der Waals surface area contributed by atoms with Crippen molar-refractivity contribution in [3.05, 3.63) is 0 Å². The molecule has 1 rings (SSSR count). The average Bonchev–Trinajstić information content (AvgIpc) is 3.17. The van der Waals surface area contributed by atoms with Crippen molar-refractivity contribution in [2.75, 3.05) is 18.1 Å². The number of rotatable bonds is 11. The van der Waals surface area contributed by atoms with Gasteiger partial charge < -0.3 is 31.5 Å². The van der Waals surface area contributed by atoms with Gasteiger partial charge in [0.05, 0.1) is 6.04 Å². The summed E-state index contributed by atoms with van der Waals surface area (Å²) in [6.45, 7) is 0.253. The normalized spacial score (nSPS) is 19.1. The van der Waals surface area contributed by atoms with Crippen LogP contribution in [0.15, 0.2) is 0 Å². The number of thiol groups is 2. The highest BCUT2D eigenvalue weighted by Crippen LogP contribution is 2.19. The van der Waals surface area contributed by atoms with Crippen LogP contribution in [0.2, 0.25) is 0 Å². The van der Waals surface area contributed by atoms with E-state index in [-0.39, 0.29) is 24.5 Å². The van der Waals surface area contributed by atoms with E-state index in [0.717, 1.165) is 0 Å². The summed E-state index contributed by atoms with van der Waals surface area (Å²) in [5.41, 5.74) is 5.58. The third-order valence-corrected chi connectivity index (χ3v) is 5.19. The van der Waals surface area contributed by atoms with Crippen LogP contribution >= 0.6 is 25.3 Å². The highest BCUT2D eigenvalue weighted by Gasteiger charge is 2.38. The largest absolute Gasteiger partial charge is 0.481 e. The summed E-state index contributed by atoms with van der Waals surface area (Å²) in [4.78, 5) is 60.5. The molecule has 0 radical (unpaired) electrons. The fourth-order valence-electron chi connectivity index (χ4n) is 2.84. The Kier molecular flexibility index (Phi) is 10.3. The summed E-state index contributed by atoms with van der Waals surface area (Å²) in [5.74, 6) is -4.29. The lowest BCUT2D eigenvalue weighted by Gasteiger charge is -2.29. The van der Waals surface area contributed by atoms with E-state index in [9.17, 15) is 29.1 Å². The average molecular weight is 451 g/mol. The predicted molar refractivity (Wildman–Crippen MR) is 109 cm³/mol. The van der Waals surface area contributed by atoms with Gasteiger partial charge in [0.1, 0.15) is 18.1 Å². The summed E-state index contributed by atoms with van der Waals surface area (Å²) in [6, 6.07) is -4.22. The van der Waals surface area contributed by atoms with Crippen LogP contribution in [0.5, 0.6) is 0 Å².